The number of carbonyl (C=O) groups is 3. The summed E-state index contributed by atoms with van der Waals surface area (Å²) >= 11 is 0. The van der Waals surface area contributed by atoms with Crippen molar-refractivity contribution in [3.63, 3.8) is 0 Å². The lowest BCUT2D eigenvalue weighted by atomic mass is 9.91. The van der Waals surface area contributed by atoms with E-state index in [-0.39, 0.29) is 42.1 Å². The molecule has 0 aliphatic carbocycles. The van der Waals surface area contributed by atoms with E-state index in [1.165, 1.54) is 66.2 Å². The van der Waals surface area contributed by atoms with Gasteiger partial charge in [-0.3, -0.25) is 14.4 Å². The molecule has 0 bridgehead atoms. The van der Waals surface area contributed by atoms with Crippen LogP contribution in [-0.4, -0.2) is 105 Å². The van der Waals surface area contributed by atoms with E-state index >= 15 is 0 Å². The lowest BCUT2D eigenvalue weighted by molar-refractivity contribution is -0.136. The molecule has 0 aromatic heterocycles. The molecule has 4 N–H and O–H groups in total. The molecule has 0 amide bonds. The Morgan fingerprint density at radius 3 is 1.13 bits per heavy atom. The molecule has 2 heterocycles. The third-order valence-corrected chi connectivity index (χ3v) is 13.8. The van der Waals surface area contributed by atoms with E-state index in [1.807, 2.05) is 30.3 Å². The third kappa shape index (κ3) is 18.2. The van der Waals surface area contributed by atoms with Crippen molar-refractivity contribution in [1.82, 2.24) is 0 Å². The second-order valence-electron chi connectivity index (χ2n) is 19.6. The van der Waals surface area contributed by atoms with Crippen LogP contribution < -0.4 is 0 Å². The first-order chi connectivity index (χ1) is 34.8. The SMILES string of the molecule is CC(=O)c1cc(-c2ccc(C(=O)c3ccc(F)cc3)cc2)ccc1-c1ccc(C(=O)c2ccc(F)cc2)cc1.CC1(C)OCC(CS(C)(=O)(O)O)O1.CC1(C)OCC(CS(C)(=O)(O)O)O1.c1ccc2ccccc2c1. The summed E-state index contributed by atoms with van der Waals surface area (Å²) in [5.74, 6) is -3.40. The van der Waals surface area contributed by atoms with Crippen LogP contribution in [0, 0.1) is 11.6 Å². The lowest BCUT2D eigenvalue weighted by Gasteiger charge is -2.28. The van der Waals surface area contributed by atoms with E-state index in [1.54, 1.807) is 64.1 Å². The van der Waals surface area contributed by atoms with Gasteiger partial charge in [0.1, 0.15) is 11.6 Å². The Balaban J connectivity index is 0.000000204. The maximum Gasteiger partial charge on any atom is 0.193 e. The van der Waals surface area contributed by atoms with Crippen molar-refractivity contribution >= 4 is 47.4 Å². The zero-order valence-electron chi connectivity index (χ0n) is 42.6. The summed E-state index contributed by atoms with van der Waals surface area (Å²) < 4.78 is 106. The van der Waals surface area contributed by atoms with Crippen LogP contribution >= 0.6 is 0 Å². The van der Waals surface area contributed by atoms with E-state index in [0.717, 1.165) is 34.8 Å². The number of hydrogen-bond acceptors (Lipinski definition) is 9. The van der Waals surface area contributed by atoms with Crippen molar-refractivity contribution < 1.29 is 68.7 Å². The molecular formula is C58H62F2O13S2. The maximum atomic E-state index is 13.2. The van der Waals surface area contributed by atoms with Crippen LogP contribution in [-0.2, 0) is 38.2 Å². The van der Waals surface area contributed by atoms with Gasteiger partial charge in [-0.15, -0.1) is 0 Å². The van der Waals surface area contributed by atoms with Crippen LogP contribution in [0.5, 0.6) is 0 Å². The van der Waals surface area contributed by atoms with E-state index in [4.69, 9.17) is 37.2 Å². The number of halogens is 2. The number of fused-ring (bicyclic) bond motifs is 1. The average molecular weight is 1070 g/mol. The maximum absolute atomic E-state index is 13.2. The first-order valence-corrected chi connectivity index (χ1v) is 28.5. The molecule has 75 heavy (non-hydrogen) atoms. The van der Waals surface area contributed by atoms with Gasteiger partial charge >= 0.3 is 0 Å². The average Bonchev–Trinajstić information content (AvgIpc) is 3.87. The van der Waals surface area contributed by atoms with Crippen molar-refractivity contribution in [2.45, 2.75) is 58.4 Å². The molecule has 2 unspecified atom stereocenters. The van der Waals surface area contributed by atoms with Gasteiger partial charge in [0.25, 0.3) is 0 Å². The number of ether oxygens (including phenoxy) is 4. The van der Waals surface area contributed by atoms with Gasteiger partial charge in [-0.05, 0) is 122 Å². The highest BCUT2D eigenvalue weighted by Crippen LogP contribution is 2.32. The van der Waals surface area contributed by atoms with Crippen LogP contribution in [0.15, 0.2) is 164 Å². The van der Waals surface area contributed by atoms with Gasteiger partial charge in [-0.1, -0.05) is 109 Å². The van der Waals surface area contributed by atoms with Gasteiger partial charge in [-0.25, -0.2) is 17.2 Å². The summed E-state index contributed by atoms with van der Waals surface area (Å²) in [6.07, 6.45) is 0.779. The molecule has 2 aliphatic heterocycles. The molecule has 9 rings (SSSR count). The van der Waals surface area contributed by atoms with E-state index in [2.05, 4.69) is 48.5 Å². The minimum absolute atomic E-state index is 0.110. The van der Waals surface area contributed by atoms with Crippen LogP contribution in [0.1, 0.15) is 76.8 Å². The summed E-state index contributed by atoms with van der Waals surface area (Å²) in [5, 5.41) is 2.62. The minimum atomic E-state index is -4.46. The second-order valence-corrected chi connectivity index (χ2v) is 26.0. The Hall–Kier alpha value is -6.35. The molecule has 2 atom stereocenters. The molecule has 0 spiro atoms. The predicted octanol–water partition coefficient (Wildman–Crippen LogP) is 11.9. The first kappa shape index (κ1) is 57.9. The summed E-state index contributed by atoms with van der Waals surface area (Å²) in [4.78, 5) is 38.0. The number of rotatable bonds is 11. The van der Waals surface area contributed by atoms with E-state index in [0.29, 0.717) is 27.8 Å². The van der Waals surface area contributed by atoms with Gasteiger partial charge < -0.3 is 37.2 Å². The number of benzene rings is 7. The Bertz CT molecular complexity index is 3150. The van der Waals surface area contributed by atoms with E-state index in [9.17, 15) is 31.6 Å². The molecule has 2 saturated heterocycles. The van der Waals surface area contributed by atoms with Gasteiger partial charge in [0, 0.05) is 40.3 Å². The molecule has 2 aliphatic rings. The summed E-state index contributed by atoms with van der Waals surface area (Å²) in [5.41, 5.74) is 5.41. The molecule has 13 nitrogen and oxygen atoms in total. The van der Waals surface area contributed by atoms with E-state index < -0.39 is 54.7 Å². The molecule has 0 saturated carbocycles. The zero-order chi connectivity index (χ0) is 55.0. The van der Waals surface area contributed by atoms with Crippen LogP contribution in [0.3, 0.4) is 0 Å². The highest BCUT2D eigenvalue weighted by molar-refractivity contribution is 8.09. The quantitative estimate of drug-likeness (QED) is 0.0892. The van der Waals surface area contributed by atoms with Crippen molar-refractivity contribution in [3.8, 4) is 22.3 Å². The highest BCUT2D eigenvalue weighted by Gasteiger charge is 2.39. The molecule has 2 fully saturated rings. The summed E-state index contributed by atoms with van der Waals surface area (Å²) in [7, 11) is -8.93. The zero-order valence-corrected chi connectivity index (χ0v) is 44.2. The van der Waals surface area contributed by atoms with Crippen LogP contribution in [0.25, 0.3) is 33.0 Å². The topological polar surface area (TPSA) is 203 Å². The fourth-order valence-electron chi connectivity index (χ4n) is 8.10. The van der Waals surface area contributed by atoms with Gasteiger partial charge in [-0.2, -0.15) is 0 Å². The molecular weight excluding hydrogens is 1010 g/mol. The standard InChI is InChI=1S/C34H22F2O3.C10H8.2C7H16O5S/c1-21(37)32-20-28(22-2-6-24(7-3-22)33(38)26-10-15-29(35)16-11-26)14-19-31(32)23-4-8-25(9-5-23)34(39)27-12-17-30(36)18-13-27;1-2-6-10-8-4-3-7-9(10)5-1;2*1-7(2)11-4-6(12-7)5-13(3,8,9)10/h2-20H,1H3;1-8H;2*6H,4-5H2,1-3H3,(H2,8,9,10). The van der Waals surface area contributed by atoms with Crippen molar-refractivity contribution in [2.24, 2.45) is 0 Å². The Morgan fingerprint density at radius 1 is 0.507 bits per heavy atom. The highest BCUT2D eigenvalue weighted by atomic mass is 32.3. The van der Waals surface area contributed by atoms with Crippen LogP contribution in [0.4, 0.5) is 8.78 Å². The van der Waals surface area contributed by atoms with Gasteiger partial charge in [0.2, 0.25) is 0 Å². The Labute approximate surface area is 435 Å². The molecule has 0 radical (unpaired) electrons. The summed E-state index contributed by atoms with van der Waals surface area (Å²) in [6.45, 7) is 8.83. The fourth-order valence-corrected chi connectivity index (χ4v) is 10.1. The number of Topliss-reactive ketones (excluding diaryl/α,β-unsaturated/α-hetero) is 1. The fraction of sp³-hybridized carbons (Fsp3) is 0.259. The van der Waals surface area contributed by atoms with Gasteiger partial charge in [0.05, 0.1) is 56.2 Å². The Morgan fingerprint density at radius 2 is 0.827 bits per heavy atom. The predicted molar refractivity (Wildman–Crippen MR) is 289 cm³/mol. The van der Waals surface area contributed by atoms with Gasteiger partial charge in [0.15, 0.2) is 28.9 Å². The third-order valence-electron chi connectivity index (χ3n) is 11.5. The smallest absolute Gasteiger partial charge is 0.193 e. The lowest BCUT2D eigenvalue weighted by Crippen LogP contribution is -2.40. The normalized spacial score (nSPS) is 17.7. The molecule has 7 aromatic rings. The minimum Gasteiger partial charge on any atom is -0.348 e. The molecule has 7 aromatic carbocycles. The number of carbonyl (C=O) groups excluding carboxylic acids is 3. The first-order valence-electron chi connectivity index (χ1n) is 23.6. The van der Waals surface area contributed by atoms with Crippen molar-refractivity contribution in [1.29, 1.82) is 0 Å². The van der Waals surface area contributed by atoms with Crippen molar-refractivity contribution in [2.75, 3.05) is 37.2 Å². The molecule has 398 valence electrons. The van der Waals surface area contributed by atoms with Crippen LogP contribution in [0.2, 0.25) is 0 Å². The second kappa shape index (κ2) is 22.9. The monoisotopic (exact) mass is 1070 g/mol. The Kier molecular flexibility index (Phi) is 17.7. The molecule has 17 heteroatoms. The summed E-state index contributed by atoms with van der Waals surface area (Å²) in [6, 6.07) is 47.1. The number of hydrogen-bond donors (Lipinski definition) is 4. The number of ketones is 3. The van der Waals surface area contributed by atoms with Crippen molar-refractivity contribution in [3.05, 3.63) is 203 Å². The largest absolute Gasteiger partial charge is 0.348 e.